The van der Waals surface area contributed by atoms with Gasteiger partial charge in [0.2, 0.25) is 17.7 Å². The summed E-state index contributed by atoms with van der Waals surface area (Å²) in [5, 5.41) is 16.5. The Balaban J connectivity index is 0.998. The van der Waals surface area contributed by atoms with Crippen molar-refractivity contribution in [2.45, 2.75) is 38.1 Å². The average molecular weight is 827 g/mol. The van der Waals surface area contributed by atoms with Crippen molar-refractivity contribution >= 4 is 41.2 Å². The molecule has 1 aromatic rings. The minimum atomic E-state index is -1.02. The number of carbonyl (C=O) groups is 6. The molecule has 5 amide bonds. The molecule has 1 unspecified atom stereocenters. The van der Waals surface area contributed by atoms with Crippen molar-refractivity contribution in [1.82, 2.24) is 15.5 Å². The molecule has 0 saturated carbocycles. The number of ether oxygens (including phenoxy) is 9. The monoisotopic (exact) mass is 826 g/mol. The molecule has 3 rings (SSSR count). The fourth-order valence-corrected chi connectivity index (χ4v) is 5.49. The summed E-state index contributed by atoms with van der Waals surface area (Å²) in [4.78, 5) is 72.7. The van der Waals surface area contributed by atoms with E-state index < -0.39 is 35.6 Å². The van der Waals surface area contributed by atoms with Gasteiger partial charge in [0.1, 0.15) is 6.04 Å². The minimum absolute atomic E-state index is 0.0227. The number of amides is 5. The van der Waals surface area contributed by atoms with Crippen molar-refractivity contribution in [3.8, 4) is 0 Å². The van der Waals surface area contributed by atoms with Crippen LogP contribution in [0.25, 0.3) is 0 Å². The highest BCUT2D eigenvalue weighted by Crippen LogP contribution is 2.32. The summed E-state index contributed by atoms with van der Waals surface area (Å²) in [5.41, 5.74) is 0.884. The van der Waals surface area contributed by atoms with Crippen molar-refractivity contribution in [3.05, 3.63) is 29.3 Å². The lowest BCUT2D eigenvalue weighted by Crippen LogP contribution is -2.54. The number of carbonyl (C=O) groups excluding carboxylic acids is 5. The topological polar surface area (TPSA) is 245 Å². The van der Waals surface area contributed by atoms with E-state index in [0.29, 0.717) is 144 Å². The highest BCUT2D eigenvalue weighted by Gasteiger charge is 2.45. The van der Waals surface area contributed by atoms with E-state index in [9.17, 15) is 28.8 Å². The Morgan fingerprint density at radius 3 is 1.60 bits per heavy atom. The Morgan fingerprint density at radius 1 is 0.638 bits per heavy atom. The molecular formula is C38H58N4O16. The highest BCUT2D eigenvalue weighted by molar-refractivity contribution is 6.25. The molecule has 0 bridgehead atoms. The first-order chi connectivity index (χ1) is 28.3. The molecule has 0 aliphatic carbocycles. The number of benzene rings is 1. The number of hydrogen-bond acceptors (Lipinski definition) is 16. The SMILES string of the molecule is O=C(O)CCC(=O)NCCCOCCOCCOCCOCCOCCOCCOCCOCCOCCNc1cccc2c1C(=O)N(C1CCC(=O)NC1=O)C2=O. The second-order valence-corrected chi connectivity index (χ2v) is 12.7. The molecule has 2 heterocycles. The summed E-state index contributed by atoms with van der Waals surface area (Å²) in [6.07, 6.45) is 0.594. The summed E-state index contributed by atoms with van der Waals surface area (Å²) >= 11 is 0. The van der Waals surface area contributed by atoms with Crippen LogP contribution in [0, 0.1) is 0 Å². The third kappa shape index (κ3) is 19.6. The van der Waals surface area contributed by atoms with Gasteiger partial charge in [0.25, 0.3) is 11.8 Å². The van der Waals surface area contributed by atoms with E-state index in [1.165, 1.54) is 0 Å². The fraction of sp³-hybridized carbons (Fsp3) is 0.684. The Bertz CT molecular complexity index is 1420. The van der Waals surface area contributed by atoms with E-state index in [4.69, 9.17) is 47.7 Å². The van der Waals surface area contributed by atoms with Crippen molar-refractivity contribution in [3.63, 3.8) is 0 Å². The summed E-state index contributed by atoms with van der Waals surface area (Å²) in [7, 11) is 0. The van der Waals surface area contributed by atoms with Crippen LogP contribution < -0.4 is 16.0 Å². The first kappa shape index (κ1) is 48.3. The van der Waals surface area contributed by atoms with Crippen LogP contribution in [-0.2, 0) is 61.8 Å². The van der Waals surface area contributed by atoms with Gasteiger partial charge in [0.05, 0.1) is 130 Å². The second kappa shape index (κ2) is 30.0. The van der Waals surface area contributed by atoms with Crippen LogP contribution >= 0.6 is 0 Å². The zero-order valence-electron chi connectivity index (χ0n) is 33.0. The van der Waals surface area contributed by atoms with Gasteiger partial charge >= 0.3 is 5.97 Å². The number of rotatable bonds is 36. The number of carboxylic acids is 1. The van der Waals surface area contributed by atoms with Crippen molar-refractivity contribution in [1.29, 1.82) is 0 Å². The lowest BCUT2D eigenvalue weighted by atomic mass is 10.0. The van der Waals surface area contributed by atoms with Crippen LogP contribution in [0.1, 0.15) is 52.8 Å². The first-order valence-electron chi connectivity index (χ1n) is 19.6. The Labute approximate surface area is 337 Å². The molecule has 326 valence electrons. The molecule has 20 heteroatoms. The van der Waals surface area contributed by atoms with Crippen LogP contribution in [-0.4, -0.2) is 184 Å². The van der Waals surface area contributed by atoms with Crippen molar-refractivity contribution in [2.24, 2.45) is 0 Å². The predicted octanol–water partition coefficient (Wildman–Crippen LogP) is 0.0202. The van der Waals surface area contributed by atoms with Gasteiger partial charge in [-0.05, 0) is 25.0 Å². The molecule has 1 atom stereocenters. The number of imide groups is 2. The number of hydrogen-bond donors (Lipinski definition) is 4. The summed E-state index contributed by atoms with van der Waals surface area (Å²) in [6, 6.07) is 3.88. The van der Waals surface area contributed by atoms with Crippen LogP contribution in [0.3, 0.4) is 0 Å². The van der Waals surface area contributed by atoms with Crippen LogP contribution in [0.5, 0.6) is 0 Å². The van der Waals surface area contributed by atoms with E-state index in [1.807, 2.05) is 0 Å². The van der Waals surface area contributed by atoms with Gasteiger partial charge in [-0.25, -0.2) is 0 Å². The quantitative estimate of drug-likeness (QED) is 0.0515. The van der Waals surface area contributed by atoms with Gasteiger partial charge in [0, 0.05) is 38.2 Å². The number of fused-ring (bicyclic) bond motifs is 1. The number of aliphatic carboxylic acids is 1. The Kier molecular flexibility index (Phi) is 25.0. The van der Waals surface area contributed by atoms with E-state index >= 15 is 0 Å². The van der Waals surface area contributed by atoms with Gasteiger partial charge in [-0.1, -0.05) is 6.07 Å². The summed E-state index contributed by atoms with van der Waals surface area (Å²) < 4.78 is 49.3. The number of nitrogens with one attached hydrogen (secondary N) is 3. The van der Waals surface area contributed by atoms with E-state index in [-0.39, 0.29) is 42.7 Å². The predicted molar refractivity (Wildman–Crippen MR) is 203 cm³/mol. The van der Waals surface area contributed by atoms with Gasteiger partial charge in [-0.2, -0.15) is 0 Å². The van der Waals surface area contributed by atoms with Gasteiger partial charge in [-0.3, -0.25) is 39.0 Å². The maximum Gasteiger partial charge on any atom is 0.303 e. The summed E-state index contributed by atoms with van der Waals surface area (Å²) in [6.45, 7) is 8.47. The third-order valence-electron chi connectivity index (χ3n) is 8.36. The first-order valence-corrected chi connectivity index (χ1v) is 19.6. The molecular weight excluding hydrogens is 768 g/mol. The zero-order chi connectivity index (χ0) is 41.6. The maximum absolute atomic E-state index is 13.2. The molecule has 2 aliphatic heterocycles. The smallest absolute Gasteiger partial charge is 0.303 e. The van der Waals surface area contributed by atoms with Crippen molar-refractivity contribution in [2.75, 3.05) is 137 Å². The third-order valence-corrected chi connectivity index (χ3v) is 8.36. The molecule has 58 heavy (non-hydrogen) atoms. The zero-order valence-corrected chi connectivity index (χ0v) is 33.0. The molecule has 20 nitrogen and oxygen atoms in total. The van der Waals surface area contributed by atoms with E-state index in [0.717, 1.165) is 4.90 Å². The van der Waals surface area contributed by atoms with E-state index in [1.54, 1.807) is 18.2 Å². The van der Waals surface area contributed by atoms with Gasteiger partial charge in [-0.15, -0.1) is 0 Å². The number of carboxylic acid groups (broad SMARTS) is 1. The fourth-order valence-electron chi connectivity index (χ4n) is 5.49. The number of anilines is 1. The molecule has 0 radical (unpaired) electrons. The second-order valence-electron chi connectivity index (χ2n) is 12.7. The Morgan fingerprint density at radius 2 is 1.12 bits per heavy atom. The number of piperidine rings is 1. The van der Waals surface area contributed by atoms with Gasteiger partial charge in [0.15, 0.2) is 0 Å². The minimum Gasteiger partial charge on any atom is -0.481 e. The standard InChI is InChI=1S/C38H58N4O16/c43-32(7-8-34(45)46)40-9-2-11-50-13-15-52-17-19-54-21-23-56-25-27-58-28-26-57-24-22-55-20-18-53-16-14-51-12-10-39-30-4-1-3-29-35(30)38(49)42(37(29)48)31-5-6-33(44)41-36(31)47/h1,3-4,31,39H,2,5-28H2,(H,40,43)(H,45,46)(H,41,44,47). The highest BCUT2D eigenvalue weighted by atomic mass is 16.6. The normalized spacial score (nSPS) is 15.2. The maximum atomic E-state index is 13.2. The molecule has 1 fully saturated rings. The molecule has 1 aromatic carbocycles. The molecule has 0 aromatic heterocycles. The summed E-state index contributed by atoms with van der Waals surface area (Å²) in [5.74, 6) is -3.47. The van der Waals surface area contributed by atoms with Crippen molar-refractivity contribution < 1.29 is 76.5 Å². The molecule has 1 saturated heterocycles. The Hall–Kier alpha value is -4.12. The largest absolute Gasteiger partial charge is 0.481 e. The lowest BCUT2D eigenvalue weighted by molar-refractivity contribution is -0.139. The van der Waals surface area contributed by atoms with Crippen LogP contribution in [0.4, 0.5) is 5.69 Å². The molecule has 0 spiro atoms. The average Bonchev–Trinajstić information content (AvgIpc) is 3.46. The van der Waals surface area contributed by atoms with Gasteiger partial charge < -0.3 is 58.4 Å². The molecule has 2 aliphatic rings. The molecule has 4 N–H and O–H groups in total. The van der Waals surface area contributed by atoms with Crippen LogP contribution in [0.2, 0.25) is 0 Å². The lowest BCUT2D eigenvalue weighted by Gasteiger charge is -2.27. The number of nitrogens with zero attached hydrogens (tertiary/aromatic N) is 1. The van der Waals surface area contributed by atoms with E-state index in [2.05, 4.69) is 16.0 Å². The van der Waals surface area contributed by atoms with Crippen LogP contribution in [0.15, 0.2) is 18.2 Å².